The van der Waals surface area contributed by atoms with Gasteiger partial charge in [-0.25, -0.2) is 0 Å². The molecule has 0 aliphatic heterocycles. The summed E-state index contributed by atoms with van der Waals surface area (Å²) in [5.74, 6) is -0.126. The molecule has 0 spiro atoms. The molecule has 6 nitrogen and oxygen atoms in total. The number of rotatable bonds is 45. The Kier molecular flexibility index (Phi) is 45.2. The van der Waals surface area contributed by atoms with E-state index < -0.39 is 12.1 Å². The van der Waals surface area contributed by atoms with Crippen molar-refractivity contribution in [2.75, 3.05) is 13.2 Å². The summed E-state index contributed by atoms with van der Waals surface area (Å²) in [6.07, 6.45) is 55.7. The summed E-state index contributed by atoms with van der Waals surface area (Å²) >= 11 is 0. The van der Waals surface area contributed by atoms with E-state index in [0.717, 1.165) is 83.5 Å². The van der Waals surface area contributed by atoms with E-state index >= 15 is 0 Å². The van der Waals surface area contributed by atoms with E-state index in [-0.39, 0.29) is 18.5 Å². The number of aliphatic hydroxyl groups is 2. The molecule has 0 aromatic heterocycles. The van der Waals surface area contributed by atoms with Crippen LogP contribution < -0.4 is 5.32 Å². The van der Waals surface area contributed by atoms with Gasteiger partial charge in [0.1, 0.15) is 0 Å². The molecule has 0 aliphatic rings. The number of allylic oxidation sites excluding steroid dienone is 5. The van der Waals surface area contributed by atoms with Gasteiger partial charge in [0.15, 0.2) is 0 Å². The SMILES string of the molecule is CCCCCCCCC/C=C\CCCCCCCCCC(=O)OCCCCC/C=C\CCCCCCCC(=O)NC(CO)C(O)/C=C/CCCCCCCCCC. The number of aliphatic hydroxyl groups excluding tert-OH is 2. The molecular formula is C51H95NO5. The molecule has 57 heavy (non-hydrogen) atoms. The number of carbonyl (C=O) groups is 2. The molecule has 334 valence electrons. The Balaban J connectivity index is 3.51. The van der Waals surface area contributed by atoms with Gasteiger partial charge in [-0.05, 0) is 89.9 Å². The molecule has 0 aromatic rings. The van der Waals surface area contributed by atoms with Crippen LogP contribution in [-0.4, -0.2) is 47.4 Å². The molecule has 0 rings (SSSR count). The summed E-state index contributed by atoms with van der Waals surface area (Å²) < 4.78 is 5.45. The summed E-state index contributed by atoms with van der Waals surface area (Å²) in [5.41, 5.74) is 0. The van der Waals surface area contributed by atoms with Crippen molar-refractivity contribution in [2.24, 2.45) is 0 Å². The summed E-state index contributed by atoms with van der Waals surface area (Å²) in [7, 11) is 0. The molecule has 3 N–H and O–H groups in total. The number of unbranched alkanes of at least 4 members (excludes halogenated alkanes) is 30. The van der Waals surface area contributed by atoms with Crippen LogP contribution in [0.3, 0.4) is 0 Å². The fourth-order valence-electron chi connectivity index (χ4n) is 7.27. The maximum atomic E-state index is 12.4. The van der Waals surface area contributed by atoms with Gasteiger partial charge in [-0.15, -0.1) is 0 Å². The number of ether oxygens (including phenoxy) is 1. The van der Waals surface area contributed by atoms with Crippen LogP contribution in [0.5, 0.6) is 0 Å². The highest BCUT2D eigenvalue weighted by Gasteiger charge is 2.18. The molecule has 0 aromatic carbocycles. The first-order valence-electron chi connectivity index (χ1n) is 24.8. The normalized spacial score (nSPS) is 13.0. The second-order valence-electron chi connectivity index (χ2n) is 16.8. The first-order valence-corrected chi connectivity index (χ1v) is 24.8. The molecule has 0 fully saturated rings. The predicted molar refractivity (Wildman–Crippen MR) is 246 cm³/mol. The average Bonchev–Trinajstić information content (AvgIpc) is 3.21. The van der Waals surface area contributed by atoms with Gasteiger partial charge >= 0.3 is 5.97 Å². The number of amides is 1. The summed E-state index contributed by atoms with van der Waals surface area (Å²) in [5, 5.41) is 22.9. The Labute approximate surface area is 353 Å². The monoisotopic (exact) mass is 802 g/mol. The van der Waals surface area contributed by atoms with Crippen molar-refractivity contribution in [3.8, 4) is 0 Å². The highest BCUT2D eigenvalue weighted by molar-refractivity contribution is 5.76. The summed E-state index contributed by atoms with van der Waals surface area (Å²) in [4.78, 5) is 24.4. The summed E-state index contributed by atoms with van der Waals surface area (Å²) in [6.45, 7) is 4.81. The third kappa shape index (κ3) is 43.5. The fourth-order valence-corrected chi connectivity index (χ4v) is 7.27. The molecule has 0 heterocycles. The Morgan fingerprint density at radius 3 is 1.25 bits per heavy atom. The van der Waals surface area contributed by atoms with Gasteiger partial charge in [0.2, 0.25) is 5.91 Å². The molecule has 0 saturated heterocycles. The van der Waals surface area contributed by atoms with Crippen LogP contribution >= 0.6 is 0 Å². The Bertz CT molecular complexity index is 931. The molecule has 6 heteroatoms. The van der Waals surface area contributed by atoms with Crippen LogP contribution in [0.15, 0.2) is 36.5 Å². The Morgan fingerprint density at radius 1 is 0.474 bits per heavy atom. The third-order valence-corrected chi connectivity index (χ3v) is 11.1. The maximum Gasteiger partial charge on any atom is 0.305 e. The van der Waals surface area contributed by atoms with Crippen molar-refractivity contribution in [1.82, 2.24) is 5.32 Å². The van der Waals surface area contributed by atoms with Crippen molar-refractivity contribution in [3.63, 3.8) is 0 Å². The van der Waals surface area contributed by atoms with Gasteiger partial charge in [0, 0.05) is 12.8 Å². The fraction of sp³-hybridized carbons (Fsp3) is 0.843. The molecule has 0 radical (unpaired) electrons. The lowest BCUT2D eigenvalue weighted by molar-refractivity contribution is -0.143. The zero-order chi connectivity index (χ0) is 41.5. The van der Waals surface area contributed by atoms with Gasteiger partial charge in [-0.1, -0.05) is 185 Å². The highest BCUT2D eigenvalue weighted by atomic mass is 16.5. The van der Waals surface area contributed by atoms with Crippen LogP contribution in [0.25, 0.3) is 0 Å². The van der Waals surface area contributed by atoms with Gasteiger partial charge in [0.05, 0.1) is 25.4 Å². The molecule has 0 aliphatic carbocycles. The first-order chi connectivity index (χ1) is 28.0. The molecule has 0 saturated carbocycles. The van der Waals surface area contributed by atoms with Gasteiger partial charge in [0.25, 0.3) is 0 Å². The van der Waals surface area contributed by atoms with Crippen LogP contribution in [0.4, 0.5) is 0 Å². The Morgan fingerprint density at radius 2 is 0.825 bits per heavy atom. The lowest BCUT2D eigenvalue weighted by Crippen LogP contribution is -2.45. The largest absolute Gasteiger partial charge is 0.466 e. The quantitative estimate of drug-likeness (QED) is 0.0324. The van der Waals surface area contributed by atoms with E-state index in [1.807, 2.05) is 6.08 Å². The smallest absolute Gasteiger partial charge is 0.305 e. The zero-order valence-corrected chi connectivity index (χ0v) is 37.8. The van der Waals surface area contributed by atoms with Crippen LogP contribution in [-0.2, 0) is 14.3 Å². The number of carbonyl (C=O) groups excluding carboxylic acids is 2. The van der Waals surface area contributed by atoms with Crippen molar-refractivity contribution in [1.29, 1.82) is 0 Å². The van der Waals surface area contributed by atoms with E-state index in [0.29, 0.717) is 19.4 Å². The lowest BCUT2D eigenvalue weighted by atomic mass is 10.1. The predicted octanol–water partition coefficient (Wildman–Crippen LogP) is 14.5. The summed E-state index contributed by atoms with van der Waals surface area (Å²) in [6, 6.07) is -0.645. The molecule has 2 atom stereocenters. The second kappa shape index (κ2) is 46.8. The highest BCUT2D eigenvalue weighted by Crippen LogP contribution is 2.14. The minimum atomic E-state index is -0.859. The van der Waals surface area contributed by atoms with Crippen molar-refractivity contribution in [2.45, 2.75) is 264 Å². The zero-order valence-electron chi connectivity index (χ0n) is 37.8. The van der Waals surface area contributed by atoms with Crippen LogP contribution in [0.1, 0.15) is 251 Å². The standard InChI is InChI=1S/C51H95NO5/c1-3-5-7-9-11-13-15-16-17-18-19-20-21-25-29-33-37-41-45-51(56)57-46-42-38-34-30-26-23-22-24-28-32-36-40-44-50(55)52-48(47-53)49(54)43-39-35-31-27-14-12-10-8-6-4-2/h17-18,23,26,39,43,48-49,53-54H,3-16,19-22,24-25,27-38,40-42,44-47H2,1-2H3,(H,52,55)/b18-17-,26-23-,43-39+. The van der Waals surface area contributed by atoms with Gasteiger partial charge in [-0.2, -0.15) is 0 Å². The topological polar surface area (TPSA) is 95.9 Å². The second-order valence-corrected chi connectivity index (χ2v) is 16.8. The van der Waals surface area contributed by atoms with Crippen LogP contribution in [0, 0.1) is 0 Å². The van der Waals surface area contributed by atoms with E-state index in [9.17, 15) is 19.8 Å². The number of nitrogens with one attached hydrogen (secondary N) is 1. The molecule has 2 unspecified atom stereocenters. The number of esters is 1. The lowest BCUT2D eigenvalue weighted by Gasteiger charge is -2.20. The van der Waals surface area contributed by atoms with E-state index in [2.05, 4.69) is 43.5 Å². The molecule has 0 bridgehead atoms. The van der Waals surface area contributed by atoms with Gasteiger partial charge < -0.3 is 20.3 Å². The van der Waals surface area contributed by atoms with E-state index in [4.69, 9.17) is 4.74 Å². The van der Waals surface area contributed by atoms with Crippen molar-refractivity contribution < 1.29 is 24.5 Å². The first kappa shape index (κ1) is 55.1. The number of hydrogen-bond acceptors (Lipinski definition) is 5. The van der Waals surface area contributed by atoms with Gasteiger partial charge in [-0.3, -0.25) is 9.59 Å². The molecule has 1 amide bonds. The van der Waals surface area contributed by atoms with Crippen molar-refractivity contribution in [3.05, 3.63) is 36.5 Å². The van der Waals surface area contributed by atoms with E-state index in [1.165, 1.54) is 141 Å². The van der Waals surface area contributed by atoms with Crippen LogP contribution in [0.2, 0.25) is 0 Å². The average molecular weight is 802 g/mol. The van der Waals surface area contributed by atoms with Crippen molar-refractivity contribution >= 4 is 11.9 Å². The van der Waals surface area contributed by atoms with E-state index in [1.54, 1.807) is 6.08 Å². The Hall–Kier alpha value is -1.92. The third-order valence-electron chi connectivity index (χ3n) is 11.1. The minimum Gasteiger partial charge on any atom is -0.466 e. The minimum absolute atomic E-state index is 0.0284. The molecular weight excluding hydrogens is 707 g/mol. The number of hydrogen-bond donors (Lipinski definition) is 3. The maximum absolute atomic E-state index is 12.4.